The Bertz CT molecular complexity index is 871. The smallest absolute Gasteiger partial charge is 0.410 e. The topological polar surface area (TPSA) is 83.7 Å². The standard InChI is InChI=1S/C20H27N5O3S2/c1-20(2,3)28-18(27)23-8-10-24(11-9-23)19(29)30-14-16-13-25(22-21-16)12-15-4-6-17(26)7-5-15/h4-7,13,26H,8-12,14H2,1-3H3. The first-order valence-corrected chi connectivity index (χ1v) is 11.2. The van der Waals surface area contributed by atoms with Crippen molar-refractivity contribution in [3.63, 3.8) is 0 Å². The van der Waals surface area contributed by atoms with E-state index in [2.05, 4.69) is 15.2 Å². The summed E-state index contributed by atoms with van der Waals surface area (Å²) < 4.78 is 8.00. The maximum Gasteiger partial charge on any atom is 0.410 e. The Balaban J connectivity index is 1.42. The molecule has 1 N–H and O–H groups in total. The van der Waals surface area contributed by atoms with Gasteiger partial charge in [0.15, 0.2) is 0 Å². The molecule has 0 bridgehead atoms. The Morgan fingerprint density at radius 1 is 1.17 bits per heavy atom. The lowest BCUT2D eigenvalue weighted by Crippen LogP contribution is -2.50. The summed E-state index contributed by atoms with van der Waals surface area (Å²) in [5.41, 5.74) is 1.41. The average molecular weight is 450 g/mol. The van der Waals surface area contributed by atoms with Crippen LogP contribution in [0.1, 0.15) is 32.0 Å². The summed E-state index contributed by atoms with van der Waals surface area (Å²) in [5.74, 6) is 0.885. The Labute approximate surface area is 186 Å². The molecule has 1 aliphatic rings. The minimum absolute atomic E-state index is 0.245. The molecule has 0 spiro atoms. The van der Waals surface area contributed by atoms with Gasteiger partial charge in [-0.1, -0.05) is 41.3 Å². The highest BCUT2D eigenvalue weighted by molar-refractivity contribution is 8.22. The number of aromatic hydroxyl groups is 1. The predicted molar refractivity (Wildman–Crippen MR) is 121 cm³/mol. The second-order valence-electron chi connectivity index (χ2n) is 8.08. The first-order chi connectivity index (χ1) is 14.2. The van der Waals surface area contributed by atoms with Crippen LogP contribution >= 0.6 is 24.0 Å². The van der Waals surface area contributed by atoms with Crippen molar-refractivity contribution in [3.05, 3.63) is 41.7 Å². The molecule has 1 aromatic carbocycles. The molecular weight excluding hydrogens is 422 g/mol. The largest absolute Gasteiger partial charge is 0.508 e. The summed E-state index contributed by atoms with van der Waals surface area (Å²) in [7, 11) is 0. The van der Waals surface area contributed by atoms with Gasteiger partial charge >= 0.3 is 6.09 Å². The number of amides is 1. The third-order valence-electron chi connectivity index (χ3n) is 4.40. The van der Waals surface area contributed by atoms with Gasteiger partial charge in [0, 0.05) is 38.1 Å². The van der Waals surface area contributed by atoms with Crippen LogP contribution in [-0.4, -0.2) is 72.1 Å². The summed E-state index contributed by atoms with van der Waals surface area (Å²) in [6.45, 7) is 8.78. The fourth-order valence-electron chi connectivity index (χ4n) is 2.90. The number of piperazine rings is 1. The third kappa shape index (κ3) is 6.60. The number of rotatable bonds is 4. The SMILES string of the molecule is CC(C)(C)OC(=O)N1CCN(C(=S)SCc2cn(Cc3ccc(O)cc3)nn2)CC1. The van der Waals surface area contributed by atoms with E-state index in [0.29, 0.717) is 38.5 Å². The summed E-state index contributed by atoms with van der Waals surface area (Å²) in [6, 6.07) is 7.03. The molecule has 0 atom stereocenters. The van der Waals surface area contributed by atoms with Crippen LogP contribution in [-0.2, 0) is 17.0 Å². The first kappa shape index (κ1) is 22.4. The minimum atomic E-state index is -0.487. The second kappa shape index (κ2) is 9.65. The molecule has 0 radical (unpaired) electrons. The van der Waals surface area contributed by atoms with E-state index in [4.69, 9.17) is 17.0 Å². The normalized spacial score (nSPS) is 14.6. The van der Waals surface area contributed by atoms with Gasteiger partial charge in [0.2, 0.25) is 0 Å². The van der Waals surface area contributed by atoms with Gasteiger partial charge in [-0.2, -0.15) is 0 Å². The number of carbonyl (C=O) groups is 1. The van der Waals surface area contributed by atoms with Crippen molar-refractivity contribution in [2.45, 2.75) is 38.7 Å². The zero-order chi connectivity index (χ0) is 21.7. The van der Waals surface area contributed by atoms with Crippen LogP contribution in [0.2, 0.25) is 0 Å². The highest BCUT2D eigenvalue weighted by atomic mass is 32.2. The van der Waals surface area contributed by atoms with Crippen LogP contribution in [0.3, 0.4) is 0 Å². The monoisotopic (exact) mass is 449 g/mol. The lowest BCUT2D eigenvalue weighted by atomic mass is 10.2. The maximum atomic E-state index is 12.2. The molecule has 1 aromatic heterocycles. The Morgan fingerprint density at radius 2 is 1.80 bits per heavy atom. The minimum Gasteiger partial charge on any atom is -0.508 e. The molecule has 1 saturated heterocycles. The number of ether oxygens (including phenoxy) is 1. The van der Waals surface area contributed by atoms with Crippen LogP contribution in [0, 0.1) is 0 Å². The van der Waals surface area contributed by atoms with Crippen molar-refractivity contribution in [2.24, 2.45) is 0 Å². The number of thioether (sulfide) groups is 1. The fraction of sp³-hybridized carbons (Fsp3) is 0.500. The van der Waals surface area contributed by atoms with Crippen molar-refractivity contribution >= 4 is 34.4 Å². The number of phenolic OH excluding ortho intramolecular Hbond substituents is 1. The number of carbonyl (C=O) groups excluding carboxylic acids is 1. The van der Waals surface area contributed by atoms with E-state index in [0.717, 1.165) is 15.6 Å². The molecule has 0 aliphatic carbocycles. The van der Waals surface area contributed by atoms with Crippen LogP contribution in [0.5, 0.6) is 5.75 Å². The molecule has 1 fully saturated rings. The number of thiocarbonyl (C=S) groups is 1. The number of aromatic nitrogens is 3. The van der Waals surface area contributed by atoms with E-state index >= 15 is 0 Å². The molecule has 8 nitrogen and oxygen atoms in total. The number of hydrogen-bond acceptors (Lipinski definition) is 7. The van der Waals surface area contributed by atoms with E-state index in [1.165, 1.54) is 0 Å². The Kier molecular flexibility index (Phi) is 7.19. The van der Waals surface area contributed by atoms with Crippen LogP contribution < -0.4 is 0 Å². The third-order valence-corrected chi connectivity index (χ3v) is 5.96. The van der Waals surface area contributed by atoms with Gasteiger partial charge in [0.05, 0.1) is 12.2 Å². The van der Waals surface area contributed by atoms with E-state index in [9.17, 15) is 9.90 Å². The Hall–Kier alpha value is -2.33. The highest BCUT2D eigenvalue weighted by Gasteiger charge is 2.26. The number of hydrogen-bond donors (Lipinski definition) is 1. The zero-order valence-electron chi connectivity index (χ0n) is 17.4. The van der Waals surface area contributed by atoms with Crippen molar-refractivity contribution in [1.82, 2.24) is 24.8 Å². The highest BCUT2D eigenvalue weighted by Crippen LogP contribution is 2.18. The molecule has 1 aliphatic heterocycles. The van der Waals surface area contributed by atoms with Gasteiger partial charge in [-0.3, -0.25) is 0 Å². The summed E-state index contributed by atoms with van der Waals surface area (Å²) in [4.78, 5) is 16.0. The molecule has 30 heavy (non-hydrogen) atoms. The molecule has 1 amide bonds. The van der Waals surface area contributed by atoms with E-state index in [-0.39, 0.29) is 11.8 Å². The quantitative estimate of drug-likeness (QED) is 0.713. The van der Waals surface area contributed by atoms with Gasteiger partial charge < -0.3 is 19.6 Å². The van der Waals surface area contributed by atoms with Crippen LogP contribution in [0.15, 0.2) is 30.5 Å². The zero-order valence-corrected chi connectivity index (χ0v) is 19.1. The molecule has 0 saturated carbocycles. The van der Waals surface area contributed by atoms with Crippen molar-refractivity contribution < 1.29 is 14.6 Å². The lowest BCUT2D eigenvalue weighted by molar-refractivity contribution is 0.0189. The summed E-state index contributed by atoms with van der Waals surface area (Å²) in [5, 5.41) is 17.7. The molecule has 10 heteroatoms. The lowest BCUT2D eigenvalue weighted by Gasteiger charge is -2.36. The van der Waals surface area contributed by atoms with Gasteiger partial charge in [-0.25, -0.2) is 9.48 Å². The van der Waals surface area contributed by atoms with E-state index < -0.39 is 5.60 Å². The molecule has 2 heterocycles. The van der Waals surface area contributed by atoms with Gasteiger partial charge in [-0.05, 0) is 38.5 Å². The van der Waals surface area contributed by atoms with E-state index in [1.807, 2.05) is 39.1 Å². The Morgan fingerprint density at radius 3 is 2.43 bits per heavy atom. The van der Waals surface area contributed by atoms with Gasteiger partial charge in [0.1, 0.15) is 15.7 Å². The average Bonchev–Trinajstić information content (AvgIpc) is 3.14. The van der Waals surface area contributed by atoms with Crippen LogP contribution in [0.25, 0.3) is 0 Å². The van der Waals surface area contributed by atoms with Crippen LogP contribution in [0.4, 0.5) is 4.79 Å². The molecular formula is C20H27N5O3S2. The summed E-state index contributed by atoms with van der Waals surface area (Å²) in [6.07, 6.45) is 1.63. The first-order valence-electron chi connectivity index (χ1n) is 9.76. The van der Waals surface area contributed by atoms with Crippen molar-refractivity contribution in [1.29, 1.82) is 0 Å². The fourth-order valence-corrected chi connectivity index (χ4v) is 4.02. The van der Waals surface area contributed by atoms with Gasteiger partial charge in [0.25, 0.3) is 0 Å². The van der Waals surface area contributed by atoms with Crippen molar-refractivity contribution in [2.75, 3.05) is 26.2 Å². The molecule has 0 unspecified atom stereocenters. The maximum absolute atomic E-state index is 12.2. The number of phenols is 1. The summed E-state index contributed by atoms with van der Waals surface area (Å²) >= 11 is 7.12. The predicted octanol–water partition coefficient (Wildman–Crippen LogP) is 3.10. The molecule has 2 aromatic rings. The number of benzene rings is 1. The van der Waals surface area contributed by atoms with Gasteiger partial charge in [-0.15, -0.1) is 5.10 Å². The number of nitrogens with zero attached hydrogens (tertiary/aromatic N) is 5. The molecule has 3 rings (SSSR count). The van der Waals surface area contributed by atoms with E-state index in [1.54, 1.807) is 33.5 Å². The second-order valence-corrected chi connectivity index (χ2v) is 9.69. The molecule has 162 valence electrons. The van der Waals surface area contributed by atoms with Crippen molar-refractivity contribution in [3.8, 4) is 5.75 Å².